The van der Waals surface area contributed by atoms with E-state index in [9.17, 15) is 4.79 Å². The van der Waals surface area contributed by atoms with Crippen LogP contribution in [0.5, 0.6) is 0 Å². The number of carbonyl (C=O) groups is 1. The van der Waals surface area contributed by atoms with Crippen molar-refractivity contribution in [2.75, 3.05) is 0 Å². The van der Waals surface area contributed by atoms with E-state index in [-0.39, 0.29) is 6.42 Å². The summed E-state index contributed by atoms with van der Waals surface area (Å²) in [4.78, 5) is 24.2. The molecule has 0 aliphatic rings. The van der Waals surface area contributed by atoms with Crippen molar-refractivity contribution in [1.29, 1.82) is 0 Å². The van der Waals surface area contributed by atoms with Crippen LogP contribution in [0.3, 0.4) is 0 Å². The minimum atomic E-state index is -0.883. The Morgan fingerprint density at radius 2 is 1.86 bits per heavy atom. The Balaban J connectivity index is 2.60. The van der Waals surface area contributed by atoms with Crippen LogP contribution in [0.4, 0.5) is 0 Å². The third-order valence-corrected chi connectivity index (χ3v) is 3.45. The van der Waals surface area contributed by atoms with Crippen molar-refractivity contribution in [2.24, 2.45) is 0 Å². The molecule has 2 aromatic rings. The van der Waals surface area contributed by atoms with Crippen molar-refractivity contribution in [3.05, 3.63) is 40.3 Å². The van der Waals surface area contributed by atoms with Gasteiger partial charge in [0.2, 0.25) is 0 Å². The van der Waals surface area contributed by atoms with Crippen molar-refractivity contribution >= 4 is 17.6 Å². The quantitative estimate of drug-likeness (QED) is 0.919. The second kappa shape index (κ2) is 6.63. The fourth-order valence-corrected chi connectivity index (χ4v) is 2.38. The number of hydrogen-bond donors (Lipinski definition) is 1. The molecule has 2 aromatic heterocycles. The van der Waals surface area contributed by atoms with E-state index in [1.54, 1.807) is 18.3 Å². The molecule has 0 bridgehead atoms. The lowest BCUT2D eigenvalue weighted by atomic mass is 10.0. The molecule has 0 aliphatic heterocycles. The molecule has 0 aromatic carbocycles. The number of carboxylic acid groups (broad SMARTS) is 1. The molecular weight excluding hydrogens is 290 g/mol. The maximum absolute atomic E-state index is 11.0. The van der Waals surface area contributed by atoms with Crippen molar-refractivity contribution in [3.63, 3.8) is 0 Å². The van der Waals surface area contributed by atoms with E-state index in [0.29, 0.717) is 34.9 Å². The van der Waals surface area contributed by atoms with Crippen LogP contribution < -0.4 is 0 Å². The SMILES string of the molecule is CCc1nc(-c2ncccc2Cl)nc(CC)c1CC(=O)O. The van der Waals surface area contributed by atoms with Crippen LogP contribution in [0.1, 0.15) is 30.8 Å². The summed E-state index contributed by atoms with van der Waals surface area (Å²) in [6.45, 7) is 3.88. The molecule has 0 fully saturated rings. The van der Waals surface area contributed by atoms with E-state index in [2.05, 4.69) is 15.0 Å². The van der Waals surface area contributed by atoms with Crippen LogP contribution >= 0.6 is 11.6 Å². The second-order valence-electron chi connectivity index (χ2n) is 4.53. The van der Waals surface area contributed by atoms with E-state index in [1.807, 2.05) is 13.8 Å². The molecule has 21 heavy (non-hydrogen) atoms. The summed E-state index contributed by atoms with van der Waals surface area (Å²) in [5, 5.41) is 9.53. The number of aromatic nitrogens is 3. The lowest BCUT2D eigenvalue weighted by molar-refractivity contribution is -0.136. The number of aryl methyl sites for hydroxylation is 2. The molecule has 0 spiro atoms. The lowest BCUT2D eigenvalue weighted by Gasteiger charge is -2.12. The van der Waals surface area contributed by atoms with Gasteiger partial charge < -0.3 is 5.11 Å². The van der Waals surface area contributed by atoms with E-state index < -0.39 is 5.97 Å². The molecular formula is C15H16ClN3O2. The van der Waals surface area contributed by atoms with E-state index in [0.717, 1.165) is 11.4 Å². The number of pyridine rings is 1. The molecule has 0 saturated carbocycles. The molecule has 2 rings (SSSR count). The van der Waals surface area contributed by atoms with Gasteiger partial charge in [0.1, 0.15) is 5.69 Å². The monoisotopic (exact) mass is 305 g/mol. The van der Waals surface area contributed by atoms with Crippen molar-refractivity contribution < 1.29 is 9.90 Å². The summed E-state index contributed by atoms with van der Waals surface area (Å²) in [6, 6.07) is 3.47. The zero-order chi connectivity index (χ0) is 15.4. The number of halogens is 1. The van der Waals surface area contributed by atoms with Gasteiger partial charge in [-0.25, -0.2) is 9.97 Å². The van der Waals surface area contributed by atoms with Crippen LogP contribution in [0.2, 0.25) is 5.02 Å². The van der Waals surface area contributed by atoms with Gasteiger partial charge in [-0.05, 0) is 25.0 Å². The minimum Gasteiger partial charge on any atom is -0.481 e. The number of rotatable bonds is 5. The second-order valence-corrected chi connectivity index (χ2v) is 4.94. The molecule has 5 nitrogen and oxygen atoms in total. The zero-order valence-electron chi connectivity index (χ0n) is 11.9. The normalized spacial score (nSPS) is 10.6. The number of hydrogen-bond acceptors (Lipinski definition) is 4. The highest BCUT2D eigenvalue weighted by atomic mass is 35.5. The van der Waals surface area contributed by atoms with E-state index >= 15 is 0 Å². The maximum Gasteiger partial charge on any atom is 0.307 e. The molecule has 0 amide bonds. The molecule has 2 heterocycles. The van der Waals surface area contributed by atoms with Gasteiger partial charge in [-0.2, -0.15) is 0 Å². The third-order valence-electron chi connectivity index (χ3n) is 3.15. The highest BCUT2D eigenvalue weighted by molar-refractivity contribution is 6.32. The predicted octanol–water partition coefficient (Wildman–Crippen LogP) is 2.94. The van der Waals surface area contributed by atoms with Gasteiger partial charge in [0.05, 0.1) is 11.4 Å². The molecule has 1 N–H and O–H groups in total. The molecule has 0 saturated heterocycles. The first kappa shape index (κ1) is 15.4. The smallest absolute Gasteiger partial charge is 0.307 e. The van der Waals surface area contributed by atoms with Gasteiger partial charge in [0.25, 0.3) is 0 Å². The average Bonchev–Trinajstić information content (AvgIpc) is 2.47. The van der Waals surface area contributed by atoms with Gasteiger partial charge >= 0.3 is 5.97 Å². The maximum atomic E-state index is 11.0. The van der Waals surface area contributed by atoms with Crippen molar-refractivity contribution in [1.82, 2.24) is 15.0 Å². The Hall–Kier alpha value is -2.01. The summed E-state index contributed by atoms with van der Waals surface area (Å²) >= 11 is 6.14. The summed E-state index contributed by atoms with van der Waals surface area (Å²) in [7, 11) is 0. The summed E-state index contributed by atoms with van der Waals surface area (Å²) in [6.07, 6.45) is 2.83. The molecule has 0 radical (unpaired) electrons. The minimum absolute atomic E-state index is 0.0669. The summed E-state index contributed by atoms with van der Waals surface area (Å²) in [5.74, 6) is -0.435. The standard InChI is InChI=1S/C15H16ClN3O2/c1-3-11-9(8-13(20)21)12(4-2)19-15(18-11)14-10(16)6-5-7-17-14/h5-7H,3-4,8H2,1-2H3,(H,20,21). The van der Waals surface area contributed by atoms with Crippen LogP contribution in [-0.4, -0.2) is 26.0 Å². The lowest BCUT2D eigenvalue weighted by Crippen LogP contribution is -2.12. The van der Waals surface area contributed by atoms with Crippen LogP contribution in [0.25, 0.3) is 11.5 Å². The zero-order valence-corrected chi connectivity index (χ0v) is 12.7. The molecule has 110 valence electrons. The highest BCUT2D eigenvalue weighted by Crippen LogP contribution is 2.25. The summed E-state index contributed by atoms with van der Waals surface area (Å²) < 4.78 is 0. The van der Waals surface area contributed by atoms with Crippen molar-refractivity contribution in [3.8, 4) is 11.5 Å². The first-order valence-corrected chi connectivity index (χ1v) is 7.15. The molecule has 0 unspecified atom stereocenters. The molecule has 6 heteroatoms. The van der Waals surface area contributed by atoms with Gasteiger partial charge in [-0.1, -0.05) is 25.4 Å². The Morgan fingerprint density at radius 3 is 2.33 bits per heavy atom. The van der Waals surface area contributed by atoms with Crippen LogP contribution in [-0.2, 0) is 24.1 Å². The van der Waals surface area contributed by atoms with E-state index in [4.69, 9.17) is 16.7 Å². The molecule has 0 aliphatic carbocycles. The molecule has 0 atom stereocenters. The van der Waals surface area contributed by atoms with Gasteiger partial charge in [-0.3, -0.25) is 9.78 Å². The van der Waals surface area contributed by atoms with Crippen molar-refractivity contribution in [2.45, 2.75) is 33.1 Å². The van der Waals surface area contributed by atoms with Crippen LogP contribution in [0, 0.1) is 0 Å². The topological polar surface area (TPSA) is 76.0 Å². The fourth-order valence-electron chi connectivity index (χ4n) is 2.18. The summed E-state index contributed by atoms with van der Waals surface area (Å²) in [5.41, 5.74) is 2.69. The van der Waals surface area contributed by atoms with Gasteiger partial charge in [-0.15, -0.1) is 0 Å². The Labute approximate surface area is 128 Å². The Kier molecular flexibility index (Phi) is 4.85. The van der Waals surface area contributed by atoms with E-state index in [1.165, 1.54) is 0 Å². The Morgan fingerprint density at radius 1 is 1.24 bits per heavy atom. The fraction of sp³-hybridized carbons (Fsp3) is 0.333. The first-order valence-electron chi connectivity index (χ1n) is 6.78. The number of nitrogens with zero attached hydrogens (tertiary/aromatic N) is 3. The Bertz CT molecular complexity index is 649. The largest absolute Gasteiger partial charge is 0.481 e. The van der Waals surface area contributed by atoms with Crippen LogP contribution in [0.15, 0.2) is 18.3 Å². The highest BCUT2D eigenvalue weighted by Gasteiger charge is 2.17. The number of aliphatic carboxylic acids is 1. The van der Waals surface area contributed by atoms with Gasteiger partial charge in [0, 0.05) is 23.1 Å². The van der Waals surface area contributed by atoms with Gasteiger partial charge in [0.15, 0.2) is 5.82 Å². The first-order chi connectivity index (χ1) is 10.1. The average molecular weight is 306 g/mol. The predicted molar refractivity (Wildman–Crippen MR) is 80.4 cm³/mol. The number of carboxylic acids is 1. The third kappa shape index (κ3) is 3.36.